The molecule has 0 aliphatic heterocycles. The highest BCUT2D eigenvalue weighted by Gasteiger charge is 2.18. The number of aromatic nitrogens is 4. The third kappa shape index (κ3) is 3.83. The van der Waals surface area contributed by atoms with Crippen molar-refractivity contribution in [2.24, 2.45) is 0 Å². The highest BCUT2D eigenvalue weighted by molar-refractivity contribution is 5.93. The number of nitro groups is 1. The van der Waals surface area contributed by atoms with E-state index in [1.807, 2.05) is 30.3 Å². The fourth-order valence-electron chi connectivity index (χ4n) is 3.06. The highest BCUT2D eigenvalue weighted by Crippen LogP contribution is 2.28. The normalized spacial score (nSPS) is 10.7. The van der Waals surface area contributed by atoms with Crippen LogP contribution in [0.15, 0.2) is 65.8 Å². The molecule has 4 rings (SSSR count). The van der Waals surface area contributed by atoms with Crippen molar-refractivity contribution >= 4 is 28.3 Å². The van der Waals surface area contributed by atoms with E-state index in [2.05, 4.69) is 15.4 Å². The van der Waals surface area contributed by atoms with E-state index in [9.17, 15) is 19.7 Å². The molecular formula is C20H16N6O5. The minimum absolute atomic E-state index is 0.00483. The van der Waals surface area contributed by atoms with Gasteiger partial charge in [0.05, 0.1) is 30.0 Å². The summed E-state index contributed by atoms with van der Waals surface area (Å²) in [7, 11) is 1.38. The van der Waals surface area contributed by atoms with Gasteiger partial charge in [-0.15, -0.1) is 0 Å². The fourth-order valence-corrected chi connectivity index (χ4v) is 3.06. The molecular weight excluding hydrogens is 404 g/mol. The molecule has 0 unspecified atom stereocenters. The Kier molecular flexibility index (Phi) is 5.14. The Morgan fingerprint density at radius 3 is 2.71 bits per heavy atom. The molecule has 0 saturated carbocycles. The summed E-state index contributed by atoms with van der Waals surface area (Å²) in [5.74, 6) is -0.335. The van der Waals surface area contributed by atoms with Crippen molar-refractivity contribution in [3.63, 3.8) is 0 Å². The van der Waals surface area contributed by atoms with E-state index in [1.54, 1.807) is 0 Å². The summed E-state index contributed by atoms with van der Waals surface area (Å²) < 4.78 is 7.62. The zero-order chi connectivity index (χ0) is 22.0. The maximum atomic E-state index is 12.8. The molecule has 0 bridgehead atoms. The first-order valence-electron chi connectivity index (χ1n) is 9.09. The van der Waals surface area contributed by atoms with Crippen molar-refractivity contribution in [2.75, 3.05) is 12.4 Å². The second kappa shape index (κ2) is 8.06. The summed E-state index contributed by atoms with van der Waals surface area (Å²) in [5, 5.41) is 18.2. The number of nitrogens with zero attached hydrogens (tertiary/aromatic N) is 5. The molecule has 0 aliphatic rings. The van der Waals surface area contributed by atoms with Gasteiger partial charge in [0.15, 0.2) is 5.65 Å². The van der Waals surface area contributed by atoms with Crippen molar-refractivity contribution in [1.29, 1.82) is 0 Å². The van der Waals surface area contributed by atoms with E-state index < -0.39 is 16.4 Å². The maximum absolute atomic E-state index is 12.8. The minimum atomic E-state index is -0.629. The number of methoxy groups -OCH3 is 1. The van der Waals surface area contributed by atoms with Crippen molar-refractivity contribution in [3.05, 3.63) is 81.5 Å². The lowest BCUT2D eigenvalue weighted by Gasteiger charge is -2.09. The van der Waals surface area contributed by atoms with Crippen molar-refractivity contribution < 1.29 is 14.5 Å². The van der Waals surface area contributed by atoms with Crippen molar-refractivity contribution in [2.45, 2.75) is 6.54 Å². The molecule has 31 heavy (non-hydrogen) atoms. The van der Waals surface area contributed by atoms with Gasteiger partial charge in [-0.1, -0.05) is 18.2 Å². The van der Waals surface area contributed by atoms with Crippen LogP contribution in [0.1, 0.15) is 0 Å². The molecule has 0 radical (unpaired) electrons. The van der Waals surface area contributed by atoms with Gasteiger partial charge in [0.1, 0.15) is 29.7 Å². The number of amides is 1. The van der Waals surface area contributed by atoms with Gasteiger partial charge in [-0.3, -0.25) is 24.3 Å². The number of benzene rings is 2. The number of fused-ring (bicyclic) bond motifs is 1. The Bertz CT molecular complexity index is 1350. The molecule has 0 spiro atoms. The monoisotopic (exact) mass is 420 g/mol. The van der Waals surface area contributed by atoms with Crippen LogP contribution in [-0.4, -0.2) is 37.3 Å². The summed E-state index contributed by atoms with van der Waals surface area (Å²) in [4.78, 5) is 40.1. The van der Waals surface area contributed by atoms with Gasteiger partial charge in [-0.25, -0.2) is 9.67 Å². The summed E-state index contributed by atoms with van der Waals surface area (Å²) in [5.41, 5.74) is 0.324. The molecule has 156 valence electrons. The molecule has 0 aliphatic carbocycles. The number of rotatable bonds is 6. The molecule has 1 N–H and O–H groups in total. The van der Waals surface area contributed by atoms with E-state index in [1.165, 1.54) is 42.5 Å². The van der Waals surface area contributed by atoms with Crippen molar-refractivity contribution in [3.8, 4) is 11.4 Å². The summed E-state index contributed by atoms with van der Waals surface area (Å²) >= 11 is 0. The van der Waals surface area contributed by atoms with Gasteiger partial charge in [-0.05, 0) is 24.3 Å². The number of hydrogen-bond acceptors (Lipinski definition) is 7. The molecule has 0 fully saturated rings. The SMILES string of the molecule is COc1ccc(NC(=O)Cn2cnc3c(cnn3-c3ccccc3)c2=O)c([N+](=O)[O-])c1. The third-order valence-corrected chi connectivity index (χ3v) is 4.54. The number of nitro benzene ring substituents is 1. The van der Waals surface area contributed by atoms with Gasteiger partial charge in [0, 0.05) is 0 Å². The number of nitrogens with one attached hydrogen (secondary N) is 1. The summed E-state index contributed by atoms with van der Waals surface area (Å²) in [6.45, 7) is -0.374. The predicted molar refractivity (Wildman–Crippen MR) is 111 cm³/mol. The average Bonchev–Trinajstić information content (AvgIpc) is 3.21. The van der Waals surface area contributed by atoms with Gasteiger partial charge in [-0.2, -0.15) is 5.10 Å². The van der Waals surface area contributed by atoms with Crippen LogP contribution < -0.4 is 15.6 Å². The van der Waals surface area contributed by atoms with Gasteiger partial charge in [0.2, 0.25) is 5.91 Å². The Hall–Kier alpha value is -4.54. The molecule has 4 aromatic rings. The number of carbonyl (C=O) groups excluding carboxylic acids is 1. The number of ether oxygens (including phenoxy) is 1. The molecule has 11 heteroatoms. The summed E-state index contributed by atoms with van der Waals surface area (Å²) in [6, 6.07) is 13.3. The standard InChI is InChI=1S/C20H16N6O5/c1-31-14-7-8-16(17(9-14)26(29)30)23-18(27)11-24-12-21-19-15(20(24)28)10-22-25(19)13-5-3-2-4-6-13/h2-10,12H,11H2,1H3,(H,23,27). The Morgan fingerprint density at radius 2 is 2.00 bits per heavy atom. The first kappa shape index (κ1) is 19.8. The molecule has 0 saturated heterocycles. The van der Waals surface area contributed by atoms with E-state index in [4.69, 9.17) is 4.74 Å². The Morgan fingerprint density at radius 1 is 1.23 bits per heavy atom. The quantitative estimate of drug-likeness (QED) is 0.373. The topological polar surface area (TPSA) is 134 Å². The zero-order valence-corrected chi connectivity index (χ0v) is 16.3. The van der Waals surface area contributed by atoms with Gasteiger partial charge >= 0.3 is 0 Å². The van der Waals surface area contributed by atoms with Crippen LogP contribution in [0.2, 0.25) is 0 Å². The van der Waals surface area contributed by atoms with Crippen LogP contribution in [-0.2, 0) is 11.3 Å². The lowest BCUT2D eigenvalue weighted by atomic mass is 10.2. The molecule has 2 heterocycles. The number of anilines is 1. The molecule has 2 aromatic carbocycles. The Balaban J connectivity index is 1.60. The summed E-state index contributed by atoms with van der Waals surface area (Å²) in [6.07, 6.45) is 2.63. The first-order chi connectivity index (χ1) is 15.0. The molecule has 2 aromatic heterocycles. The Labute approximate surface area is 174 Å². The lowest BCUT2D eigenvalue weighted by molar-refractivity contribution is -0.384. The largest absolute Gasteiger partial charge is 0.496 e. The number of hydrogen-bond donors (Lipinski definition) is 1. The van der Waals surface area contributed by atoms with Crippen LogP contribution in [0.25, 0.3) is 16.7 Å². The highest BCUT2D eigenvalue weighted by atomic mass is 16.6. The number of para-hydroxylation sites is 1. The van der Waals surface area contributed by atoms with E-state index in [0.717, 1.165) is 10.3 Å². The van der Waals surface area contributed by atoms with Gasteiger partial charge in [0.25, 0.3) is 11.2 Å². The van der Waals surface area contributed by atoms with Crippen LogP contribution >= 0.6 is 0 Å². The fraction of sp³-hybridized carbons (Fsp3) is 0.100. The smallest absolute Gasteiger partial charge is 0.296 e. The first-order valence-corrected chi connectivity index (χ1v) is 9.09. The molecule has 11 nitrogen and oxygen atoms in total. The van der Waals surface area contributed by atoms with Crippen LogP contribution in [0.5, 0.6) is 5.75 Å². The van der Waals surface area contributed by atoms with E-state index in [-0.39, 0.29) is 29.1 Å². The third-order valence-electron chi connectivity index (χ3n) is 4.54. The predicted octanol–water partition coefficient (Wildman–Crippen LogP) is 2.14. The van der Waals surface area contributed by atoms with Gasteiger partial charge < -0.3 is 10.1 Å². The van der Waals surface area contributed by atoms with Crippen LogP contribution in [0, 0.1) is 10.1 Å². The second-order valence-electron chi connectivity index (χ2n) is 6.50. The van der Waals surface area contributed by atoms with E-state index in [0.29, 0.717) is 5.65 Å². The van der Waals surface area contributed by atoms with E-state index >= 15 is 0 Å². The maximum Gasteiger partial charge on any atom is 0.296 e. The second-order valence-corrected chi connectivity index (χ2v) is 6.50. The zero-order valence-electron chi connectivity index (χ0n) is 16.3. The molecule has 1 amide bonds. The van der Waals surface area contributed by atoms with Crippen LogP contribution in [0.3, 0.4) is 0 Å². The molecule has 0 atom stereocenters. The minimum Gasteiger partial charge on any atom is -0.496 e. The van der Waals surface area contributed by atoms with Crippen LogP contribution in [0.4, 0.5) is 11.4 Å². The number of carbonyl (C=O) groups is 1. The average molecular weight is 420 g/mol. The lowest BCUT2D eigenvalue weighted by Crippen LogP contribution is -2.28. The van der Waals surface area contributed by atoms with Crippen molar-refractivity contribution in [1.82, 2.24) is 19.3 Å².